The van der Waals surface area contributed by atoms with Gasteiger partial charge in [0, 0.05) is 0 Å². The third kappa shape index (κ3) is 2.74. The smallest absolute Gasteiger partial charge is 0.0409 e. The zero-order valence-electron chi connectivity index (χ0n) is 9.80. The molecule has 2 bridgehead atoms. The first-order valence-corrected chi connectivity index (χ1v) is 6.88. The van der Waals surface area contributed by atoms with E-state index in [1.54, 1.807) is 38.5 Å². The molecule has 2 saturated carbocycles. The second-order valence-electron chi connectivity index (χ2n) is 5.72. The van der Waals surface area contributed by atoms with Crippen LogP contribution in [0.4, 0.5) is 0 Å². The van der Waals surface area contributed by atoms with Gasteiger partial charge in [-0.25, -0.2) is 0 Å². The molecule has 0 saturated heterocycles. The molecule has 3 unspecified atom stereocenters. The van der Waals surface area contributed by atoms with E-state index in [9.17, 15) is 0 Å². The van der Waals surface area contributed by atoms with Gasteiger partial charge < -0.3 is 0 Å². The van der Waals surface area contributed by atoms with Gasteiger partial charge >= 0.3 is 0 Å². The van der Waals surface area contributed by atoms with Gasteiger partial charge in [0.05, 0.1) is 0 Å². The van der Waals surface area contributed by atoms with E-state index in [1.165, 1.54) is 25.7 Å². The maximum atomic E-state index is 2.33. The van der Waals surface area contributed by atoms with Gasteiger partial charge in [0.15, 0.2) is 0 Å². The van der Waals surface area contributed by atoms with Gasteiger partial charge in [0.2, 0.25) is 0 Å². The van der Waals surface area contributed by atoms with Crippen molar-refractivity contribution in [1.82, 2.24) is 0 Å². The van der Waals surface area contributed by atoms with Gasteiger partial charge in [-0.05, 0) is 30.6 Å². The summed E-state index contributed by atoms with van der Waals surface area (Å²) in [6.45, 7) is 2.33. The van der Waals surface area contributed by atoms with Crippen LogP contribution in [0.5, 0.6) is 0 Å². The van der Waals surface area contributed by atoms with Crippen LogP contribution in [0.15, 0.2) is 0 Å². The molecule has 3 atom stereocenters. The SMILES string of the molecule is CCCCC1CCC2CCCC(C1)C2. The fourth-order valence-electron chi connectivity index (χ4n) is 3.69. The molecule has 0 spiro atoms. The second kappa shape index (κ2) is 5.19. The summed E-state index contributed by atoms with van der Waals surface area (Å²) in [5.41, 5.74) is 0. The minimum absolute atomic E-state index is 1.10. The molecule has 2 aliphatic carbocycles. The molecule has 0 heterocycles. The maximum Gasteiger partial charge on any atom is -0.0409 e. The summed E-state index contributed by atoms with van der Waals surface area (Å²) in [5, 5.41) is 0. The first-order chi connectivity index (χ1) is 6.88. The van der Waals surface area contributed by atoms with Crippen molar-refractivity contribution in [2.45, 2.75) is 71.1 Å². The van der Waals surface area contributed by atoms with Crippen molar-refractivity contribution in [3.8, 4) is 0 Å². The van der Waals surface area contributed by atoms with Crippen molar-refractivity contribution in [1.29, 1.82) is 0 Å². The van der Waals surface area contributed by atoms with Crippen LogP contribution in [0.3, 0.4) is 0 Å². The highest BCUT2D eigenvalue weighted by atomic mass is 14.3. The van der Waals surface area contributed by atoms with E-state index >= 15 is 0 Å². The first kappa shape index (κ1) is 10.5. The molecule has 2 aliphatic rings. The van der Waals surface area contributed by atoms with Crippen molar-refractivity contribution < 1.29 is 0 Å². The number of fused-ring (bicyclic) bond motifs is 2. The summed E-state index contributed by atoms with van der Waals surface area (Å²) >= 11 is 0. The summed E-state index contributed by atoms with van der Waals surface area (Å²) in [5.74, 6) is 3.35. The summed E-state index contributed by atoms with van der Waals surface area (Å²) in [4.78, 5) is 0. The Labute approximate surface area is 89.5 Å². The van der Waals surface area contributed by atoms with E-state index in [0.717, 1.165) is 17.8 Å². The molecule has 0 radical (unpaired) electrons. The Kier molecular flexibility index (Phi) is 3.89. The van der Waals surface area contributed by atoms with E-state index in [0.29, 0.717) is 0 Å². The van der Waals surface area contributed by atoms with E-state index in [-0.39, 0.29) is 0 Å². The molecule has 0 heteroatoms. The van der Waals surface area contributed by atoms with Crippen LogP contribution in [0, 0.1) is 17.8 Å². The van der Waals surface area contributed by atoms with Crippen molar-refractivity contribution in [3.63, 3.8) is 0 Å². The van der Waals surface area contributed by atoms with Crippen molar-refractivity contribution in [2.24, 2.45) is 17.8 Å². The molecule has 0 N–H and O–H groups in total. The van der Waals surface area contributed by atoms with Gasteiger partial charge in [0.25, 0.3) is 0 Å². The summed E-state index contributed by atoms with van der Waals surface area (Å²) in [7, 11) is 0. The number of unbranched alkanes of at least 4 members (excludes halogenated alkanes) is 1. The lowest BCUT2D eigenvalue weighted by Gasteiger charge is -2.26. The third-order valence-corrected chi connectivity index (χ3v) is 4.51. The van der Waals surface area contributed by atoms with Crippen LogP contribution in [0.25, 0.3) is 0 Å². The molecule has 0 aromatic heterocycles. The number of rotatable bonds is 3. The fourth-order valence-corrected chi connectivity index (χ4v) is 3.69. The van der Waals surface area contributed by atoms with Crippen molar-refractivity contribution in [2.75, 3.05) is 0 Å². The topological polar surface area (TPSA) is 0 Å². The minimum atomic E-state index is 1.10. The molecule has 0 aromatic carbocycles. The van der Waals surface area contributed by atoms with Gasteiger partial charge in [0.1, 0.15) is 0 Å². The Morgan fingerprint density at radius 1 is 0.929 bits per heavy atom. The number of hydrogen-bond donors (Lipinski definition) is 0. The highest BCUT2D eigenvalue weighted by Crippen LogP contribution is 2.41. The van der Waals surface area contributed by atoms with Gasteiger partial charge in [-0.1, -0.05) is 58.3 Å². The lowest BCUT2D eigenvalue weighted by Crippen LogP contribution is -2.13. The number of hydrogen-bond acceptors (Lipinski definition) is 0. The fraction of sp³-hybridized carbons (Fsp3) is 1.00. The Morgan fingerprint density at radius 3 is 2.64 bits per heavy atom. The molecule has 14 heavy (non-hydrogen) atoms. The van der Waals surface area contributed by atoms with Crippen LogP contribution >= 0.6 is 0 Å². The molecule has 0 aromatic rings. The highest BCUT2D eigenvalue weighted by molar-refractivity contribution is 4.80. The molecular formula is C14H26. The third-order valence-electron chi connectivity index (χ3n) is 4.51. The van der Waals surface area contributed by atoms with E-state index in [1.807, 2.05) is 0 Å². The molecule has 2 fully saturated rings. The second-order valence-corrected chi connectivity index (χ2v) is 5.72. The van der Waals surface area contributed by atoms with Crippen LogP contribution in [-0.4, -0.2) is 0 Å². The summed E-state index contributed by atoms with van der Waals surface area (Å²) < 4.78 is 0. The standard InChI is InChI=1S/C14H26/c1-2-3-5-12-8-9-13-6-4-7-14(10-12)11-13/h12-14H,2-11H2,1H3. The average Bonchev–Trinajstić information content (AvgIpc) is 2.35. The van der Waals surface area contributed by atoms with Crippen LogP contribution in [-0.2, 0) is 0 Å². The average molecular weight is 194 g/mol. The molecule has 0 aliphatic heterocycles. The Bertz CT molecular complexity index is 161. The van der Waals surface area contributed by atoms with Crippen molar-refractivity contribution in [3.05, 3.63) is 0 Å². The maximum absolute atomic E-state index is 2.33. The quantitative estimate of drug-likeness (QED) is 0.606. The predicted molar refractivity (Wildman–Crippen MR) is 62.3 cm³/mol. The highest BCUT2D eigenvalue weighted by Gasteiger charge is 2.28. The first-order valence-electron chi connectivity index (χ1n) is 6.88. The van der Waals surface area contributed by atoms with Crippen molar-refractivity contribution >= 4 is 0 Å². The van der Waals surface area contributed by atoms with E-state index in [4.69, 9.17) is 0 Å². The summed E-state index contributed by atoms with van der Waals surface area (Å²) in [6, 6.07) is 0. The predicted octanol–water partition coefficient (Wildman–Crippen LogP) is 4.78. The van der Waals surface area contributed by atoms with Crippen LogP contribution < -0.4 is 0 Å². The van der Waals surface area contributed by atoms with Gasteiger partial charge in [-0.3, -0.25) is 0 Å². The van der Waals surface area contributed by atoms with Gasteiger partial charge in [-0.2, -0.15) is 0 Å². The molecule has 82 valence electrons. The van der Waals surface area contributed by atoms with Crippen LogP contribution in [0.1, 0.15) is 71.1 Å². The monoisotopic (exact) mass is 194 g/mol. The normalized spacial score (nSPS) is 37.9. The zero-order chi connectivity index (χ0) is 9.80. The van der Waals surface area contributed by atoms with E-state index in [2.05, 4.69) is 6.92 Å². The Balaban J connectivity index is 1.83. The largest absolute Gasteiger partial charge is 0.0654 e. The molecular weight excluding hydrogens is 168 g/mol. The molecule has 2 rings (SSSR count). The van der Waals surface area contributed by atoms with Crippen LogP contribution in [0.2, 0.25) is 0 Å². The van der Waals surface area contributed by atoms with Gasteiger partial charge in [-0.15, -0.1) is 0 Å². The lowest BCUT2D eigenvalue weighted by molar-refractivity contribution is 0.261. The Morgan fingerprint density at radius 2 is 1.79 bits per heavy atom. The lowest BCUT2D eigenvalue weighted by atomic mass is 9.80. The molecule has 0 amide bonds. The zero-order valence-corrected chi connectivity index (χ0v) is 9.80. The molecule has 0 nitrogen and oxygen atoms in total. The minimum Gasteiger partial charge on any atom is -0.0654 e. The van der Waals surface area contributed by atoms with E-state index < -0.39 is 0 Å². The summed E-state index contributed by atoms with van der Waals surface area (Å²) in [6.07, 6.45) is 15.3. The Hall–Kier alpha value is 0.